The molecule has 0 saturated heterocycles. The Labute approximate surface area is 544 Å². The average molecular weight is 974 g/mol. The lowest BCUT2D eigenvalue weighted by atomic mass is 8.24. The maximum absolute atomic E-state index is 10.3. The van der Waals surface area contributed by atoms with Crippen molar-refractivity contribution in [2.24, 2.45) is 0 Å². The molecule has 0 aliphatic rings. The van der Waals surface area contributed by atoms with Crippen LogP contribution in [0.15, 0.2) is 29.2 Å². The van der Waals surface area contributed by atoms with E-state index in [2.05, 4.69) is 0 Å². The van der Waals surface area contributed by atoms with Gasteiger partial charge in [-0.25, -0.2) is 0 Å². The third-order valence-corrected chi connectivity index (χ3v) is 12.5. The van der Waals surface area contributed by atoms with Gasteiger partial charge in [-0.3, -0.25) is 4.21 Å². The summed E-state index contributed by atoms with van der Waals surface area (Å²) in [6, 6.07) is 6.70. The minimum Gasteiger partial charge on any atom is -0.768 e. The highest BCUT2D eigenvalue weighted by Gasteiger charge is 2.60. The second kappa shape index (κ2) is 60.0. The van der Waals surface area contributed by atoms with Gasteiger partial charge >= 0.3 is 0 Å². The number of hydrogen-bond acceptors (Lipinski definition) is 2. The first kappa shape index (κ1) is 126. The van der Waals surface area contributed by atoms with E-state index in [1.807, 2.05) is 6.92 Å². The molecule has 0 N–H and O–H groups in total. The van der Waals surface area contributed by atoms with E-state index in [9.17, 15) is 8.76 Å². The van der Waals surface area contributed by atoms with Crippen molar-refractivity contribution in [3.63, 3.8) is 0 Å². The Kier molecular flexibility index (Phi) is 97.2. The van der Waals surface area contributed by atoms with Gasteiger partial charge < -0.3 is 4.55 Å². The first-order valence-electron chi connectivity index (χ1n) is 19.9. The fraction of sp³-hybridized carbons (Fsp3) is 0.739. The lowest BCUT2D eigenvalue weighted by molar-refractivity contribution is 0.537. The summed E-state index contributed by atoms with van der Waals surface area (Å²) in [5, 5.41) is 0. The Morgan fingerprint density at radius 2 is 0.397 bits per heavy atom. The monoisotopic (exact) mass is 984 g/mol. The van der Waals surface area contributed by atoms with Crippen LogP contribution in [-0.2, 0) is 11.1 Å². The van der Waals surface area contributed by atoms with Gasteiger partial charge in [-0.15, -0.1) is 0 Å². The van der Waals surface area contributed by atoms with Crippen LogP contribution >= 0.6 is 0 Å². The van der Waals surface area contributed by atoms with Crippen molar-refractivity contribution < 1.29 is 8.76 Å². The summed E-state index contributed by atoms with van der Waals surface area (Å²) in [6.07, 6.45) is -33.0. The maximum atomic E-state index is 10.3. The first-order chi connectivity index (χ1) is 28.3. The van der Waals surface area contributed by atoms with E-state index >= 15 is 0 Å². The third-order valence-electron chi connectivity index (χ3n) is 11.9. The van der Waals surface area contributed by atoms with Crippen molar-refractivity contribution >= 4 is 380 Å². The molecule has 338 valence electrons. The van der Waals surface area contributed by atoms with Crippen LogP contribution in [0.5, 0.6) is 0 Å². The second-order valence-electron chi connectivity index (χ2n) is 16.5. The van der Waals surface area contributed by atoms with Gasteiger partial charge in [0.05, 0.1) is 0 Å². The van der Waals surface area contributed by atoms with Crippen molar-refractivity contribution in [3.8, 4) is 0 Å². The van der Waals surface area contributed by atoms with Crippen LogP contribution in [0, 0.1) is 6.92 Å². The quantitative estimate of drug-likeness (QED) is 0.0724. The smallest absolute Gasteiger partial charge is 0.0248 e. The molecule has 0 fully saturated rings. The predicted molar refractivity (Wildman–Crippen MR) is 445 cm³/mol. The standard InChI is InChI=1S/C7H8O2S.16CH4.B52/c1-6-2-4-7(5-3-6)10(8)9;;;;;;;;;;;;;;;;;1-28(2)41(27)48(42(29(3)4)30(5)6)51(47(39(23)24)40(25)26)52(49(43(31(7)8)32(9)10)44(33(11)12)34(13)14)50(45(35(15)16)36(17)18)46(37(19)20)38(21)22/h2-5H,1H3,(H,8,9);16*1H4;/p-1. The predicted octanol–water partition coefficient (Wildman–Crippen LogP) is -8.39. The summed E-state index contributed by atoms with van der Waals surface area (Å²) in [5.41, 5.74) is 1.06. The number of hydrogen-bond donors (Lipinski definition) is 0. The van der Waals surface area contributed by atoms with Gasteiger partial charge in [0.2, 0.25) is 0 Å². The zero-order valence-corrected chi connectivity index (χ0v) is 36.4. The van der Waals surface area contributed by atoms with E-state index in [0.29, 0.717) is 4.90 Å². The molecule has 1 aromatic rings. The molecule has 1 aromatic carbocycles. The minimum atomic E-state index is -2.09. The number of benzene rings is 1. The molecule has 54 radical (unpaired) electrons. The molecule has 0 spiro atoms. The Morgan fingerprint density at radius 3 is 0.538 bits per heavy atom. The molecule has 0 amide bonds. The Hall–Kier alpha value is 2.71. The average Bonchev–Trinajstić information content (AvgIpc) is 3.08. The normalized spacial score (nSPS) is 8.13. The molecule has 0 bridgehead atoms. The molecular formula is C23H71B52O2S-. The lowest BCUT2D eigenvalue weighted by Crippen LogP contribution is -2.95. The van der Waals surface area contributed by atoms with E-state index in [-0.39, 0.29) is 119 Å². The van der Waals surface area contributed by atoms with Crippen molar-refractivity contribution in [3.05, 3.63) is 29.8 Å². The maximum Gasteiger partial charge on any atom is 0.0248 e. The molecule has 0 aliphatic heterocycles. The topological polar surface area (TPSA) is 40.1 Å². The summed E-state index contributed by atoms with van der Waals surface area (Å²) in [4.78, 5) is 0.339. The highest BCUT2D eigenvalue weighted by atomic mass is 32.2. The summed E-state index contributed by atoms with van der Waals surface area (Å²) in [5.74, 6) is 0. The molecule has 0 heterocycles. The van der Waals surface area contributed by atoms with Gasteiger partial charge in [0.15, 0.2) is 0 Å². The summed E-state index contributed by atoms with van der Waals surface area (Å²) in [6.45, 7) is 1.91. The van der Waals surface area contributed by atoms with Crippen molar-refractivity contribution in [2.45, 2.75) is 131 Å². The fourth-order valence-corrected chi connectivity index (χ4v) is 9.73. The minimum absolute atomic E-state index is 0. The van der Waals surface area contributed by atoms with Gasteiger partial charge in [0.25, 0.3) is 0 Å². The van der Waals surface area contributed by atoms with E-state index in [1.165, 1.54) is 0 Å². The Morgan fingerprint density at radius 1 is 0.256 bits per heavy atom. The van der Waals surface area contributed by atoms with E-state index in [0.717, 1.165) is 5.56 Å². The third kappa shape index (κ3) is 37.4. The van der Waals surface area contributed by atoms with Crippen LogP contribution in [0.2, 0.25) is 0 Å². The highest BCUT2D eigenvalue weighted by Crippen LogP contribution is 2.22. The van der Waals surface area contributed by atoms with Crippen LogP contribution in [0.3, 0.4) is 0 Å². The van der Waals surface area contributed by atoms with Crippen molar-refractivity contribution in [2.75, 3.05) is 0 Å². The second-order valence-corrected chi connectivity index (χ2v) is 17.4. The Balaban J connectivity index is -0.0000000857. The summed E-state index contributed by atoms with van der Waals surface area (Å²) >= 11 is -2.09. The zero-order valence-electron chi connectivity index (χ0n) is 35.6. The van der Waals surface area contributed by atoms with Crippen LogP contribution in [0.1, 0.15) is 124 Å². The molecule has 2 nitrogen and oxygen atoms in total. The van der Waals surface area contributed by atoms with Gasteiger partial charge in [-0.05, 0) is 30.1 Å². The van der Waals surface area contributed by atoms with Crippen molar-refractivity contribution in [1.82, 2.24) is 0 Å². The van der Waals surface area contributed by atoms with Gasteiger partial charge in [-0.1, -0.05) is 137 Å². The number of aryl methyl sites for hydroxylation is 1. The molecule has 55 heteroatoms. The number of rotatable bonds is 25. The molecular weight excluding hydrogens is 903 g/mol. The van der Waals surface area contributed by atoms with Gasteiger partial charge in [0.1, 0.15) is 0 Å². The Bertz CT molecular complexity index is 1270. The largest absolute Gasteiger partial charge is 0.768 e. The van der Waals surface area contributed by atoms with Gasteiger partial charge in [-0.2, -0.15) is 0 Å². The van der Waals surface area contributed by atoms with Crippen LogP contribution < -0.4 is 0 Å². The van der Waals surface area contributed by atoms with Crippen LogP contribution in [-0.4, -0.2) is 377 Å². The summed E-state index contributed by atoms with van der Waals surface area (Å²) < 4.78 is 20.6. The van der Waals surface area contributed by atoms with Crippen LogP contribution in [0.25, 0.3) is 0 Å². The van der Waals surface area contributed by atoms with E-state index in [1.54, 1.807) is 24.3 Å². The van der Waals surface area contributed by atoms with E-state index < -0.39 is 171 Å². The first-order valence-corrected chi connectivity index (χ1v) is 20.9. The molecule has 1 atom stereocenters. The molecule has 78 heavy (non-hydrogen) atoms. The lowest BCUT2D eigenvalue weighted by Gasteiger charge is -2.57. The van der Waals surface area contributed by atoms with Gasteiger partial charge in [0, 0.05) is 373 Å². The zero-order chi connectivity index (χ0) is 49.0. The SMILES string of the molecule is C.C.C.C.C.C.C.C.C.C.C.C.C.C.C.C.Cc1ccc(S(=O)[O-])cc1.[B]B([B])B([B])B(B(B([B])[B])B([B])[B])B(B(B([B])[B])B([B])[B])B(B(B(B([B])[B])B([B])[B])B(B([B])[B])B([B])[B])B(B(B([B])[B])B([B])[B])B(B([B])[B])B([B])[B]. The molecule has 1 rings (SSSR count). The van der Waals surface area contributed by atoms with E-state index in [4.69, 9.17) is 209 Å². The molecule has 0 aliphatic carbocycles. The summed E-state index contributed by atoms with van der Waals surface area (Å²) in [7, 11) is 174. The highest BCUT2D eigenvalue weighted by molar-refractivity contribution is 8.36. The van der Waals surface area contributed by atoms with Crippen molar-refractivity contribution in [1.29, 1.82) is 0 Å². The molecule has 1 unspecified atom stereocenters. The van der Waals surface area contributed by atoms with Crippen LogP contribution in [0.4, 0.5) is 0 Å². The fourth-order valence-electron chi connectivity index (χ4n) is 9.37. The molecule has 0 saturated carbocycles. The molecule has 0 aromatic heterocycles.